The van der Waals surface area contributed by atoms with Gasteiger partial charge in [0.1, 0.15) is 6.10 Å². The maximum atomic E-state index is 13.2. The molecule has 30 heavy (non-hydrogen) atoms. The van der Waals surface area contributed by atoms with Crippen LogP contribution in [0.2, 0.25) is 0 Å². The second-order valence-electron chi connectivity index (χ2n) is 7.82. The van der Waals surface area contributed by atoms with E-state index in [1.807, 2.05) is 36.1 Å². The Labute approximate surface area is 176 Å². The number of aromatic nitrogens is 2. The fraction of sp³-hybridized carbons (Fsp3) is 0.591. The summed E-state index contributed by atoms with van der Waals surface area (Å²) in [6, 6.07) is 7.77. The largest absolute Gasteiger partial charge is 0.477 e. The molecule has 1 saturated heterocycles. The molecule has 2 fully saturated rings. The first-order chi connectivity index (χ1) is 14.7. The number of morpholine rings is 1. The van der Waals surface area contributed by atoms with Crippen molar-refractivity contribution in [2.24, 2.45) is 0 Å². The van der Waals surface area contributed by atoms with Crippen LogP contribution in [-0.4, -0.2) is 72.9 Å². The van der Waals surface area contributed by atoms with Crippen LogP contribution in [-0.2, 0) is 14.3 Å². The van der Waals surface area contributed by atoms with E-state index < -0.39 is 6.10 Å². The minimum absolute atomic E-state index is 0.0107. The molecule has 162 valence electrons. The monoisotopic (exact) mass is 414 g/mol. The van der Waals surface area contributed by atoms with Crippen molar-refractivity contribution in [3.63, 3.8) is 0 Å². The molecule has 1 aliphatic heterocycles. The van der Waals surface area contributed by atoms with Crippen molar-refractivity contribution in [3.05, 3.63) is 30.1 Å². The average Bonchev–Trinajstić information content (AvgIpc) is 3.62. The lowest BCUT2D eigenvalue weighted by Crippen LogP contribution is -2.50. The minimum Gasteiger partial charge on any atom is -0.477 e. The van der Waals surface area contributed by atoms with Crippen LogP contribution in [0.4, 0.5) is 0 Å². The number of benzene rings is 1. The summed E-state index contributed by atoms with van der Waals surface area (Å²) in [4.78, 5) is 24.7. The lowest BCUT2D eigenvalue weighted by atomic mass is 10.1. The predicted molar refractivity (Wildman–Crippen MR) is 112 cm³/mol. The number of rotatable bonds is 9. The molecule has 1 N–H and O–H groups in total. The molecule has 4 rings (SSSR count). The van der Waals surface area contributed by atoms with E-state index in [0.717, 1.165) is 36.7 Å². The van der Waals surface area contributed by atoms with Gasteiger partial charge in [0, 0.05) is 39.3 Å². The third-order valence-corrected chi connectivity index (χ3v) is 5.51. The molecule has 8 heteroatoms. The van der Waals surface area contributed by atoms with E-state index in [4.69, 9.17) is 24.2 Å². The molecule has 2 heterocycles. The second-order valence-corrected chi connectivity index (χ2v) is 7.82. The normalized spacial score (nSPS) is 20.1. The molecule has 1 amide bonds. The number of para-hydroxylation sites is 1. The Morgan fingerprint density at radius 2 is 2.13 bits per heavy atom. The van der Waals surface area contributed by atoms with Crippen LogP contribution in [0.1, 0.15) is 38.1 Å². The van der Waals surface area contributed by atoms with Gasteiger partial charge in [-0.3, -0.25) is 4.79 Å². The number of ether oxygens (including phenoxy) is 3. The molecule has 1 aliphatic carbocycles. The van der Waals surface area contributed by atoms with E-state index >= 15 is 0 Å². The molecule has 0 spiro atoms. The Kier molecular flexibility index (Phi) is 6.76. The summed E-state index contributed by atoms with van der Waals surface area (Å²) in [7, 11) is 1.68. The van der Waals surface area contributed by atoms with Gasteiger partial charge in [-0.05, 0) is 31.9 Å². The maximum absolute atomic E-state index is 13.2. The first-order valence-corrected chi connectivity index (χ1v) is 10.7. The predicted octanol–water partition coefficient (Wildman–Crippen LogP) is 2.09. The third-order valence-electron chi connectivity index (χ3n) is 5.51. The first kappa shape index (κ1) is 21.0. The molecule has 2 atom stereocenters. The summed E-state index contributed by atoms with van der Waals surface area (Å²) in [5.41, 5.74) is 0.815. The Balaban J connectivity index is 1.60. The van der Waals surface area contributed by atoms with Crippen LogP contribution in [0.15, 0.2) is 24.3 Å². The molecule has 0 unspecified atom stereocenters. The Hall–Kier alpha value is -2.29. The molecule has 0 radical (unpaired) electrons. The minimum atomic E-state index is -0.452. The number of nitrogens with one attached hydrogen (secondary N) is 1. The van der Waals surface area contributed by atoms with Crippen LogP contribution in [0.25, 0.3) is 10.9 Å². The van der Waals surface area contributed by atoms with Crippen LogP contribution in [0.5, 0.6) is 5.88 Å². The molecular formula is C22H30N4O4. The van der Waals surface area contributed by atoms with Gasteiger partial charge in [0.25, 0.3) is 5.91 Å². The van der Waals surface area contributed by atoms with Crippen molar-refractivity contribution in [2.75, 3.05) is 40.0 Å². The zero-order valence-corrected chi connectivity index (χ0v) is 17.7. The number of methoxy groups -OCH3 is 1. The van der Waals surface area contributed by atoms with Crippen molar-refractivity contribution in [3.8, 4) is 5.88 Å². The summed E-state index contributed by atoms with van der Waals surface area (Å²) in [6.07, 6.45) is 2.33. The van der Waals surface area contributed by atoms with E-state index in [-0.39, 0.29) is 18.0 Å². The lowest BCUT2D eigenvalue weighted by molar-refractivity contribution is -0.148. The van der Waals surface area contributed by atoms with E-state index in [0.29, 0.717) is 38.1 Å². The number of hydrogen-bond acceptors (Lipinski definition) is 7. The highest BCUT2D eigenvalue weighted by Crippen LogP contribution is 2.35. The lowest BCUT2D eigenvalue weighted by Gasteiger charge is -2.33. The fourth-order valence-electron chi connectivity index (χ4n) is 3.79. The molecule has 1 aromatic heterocycles. The van der Waals surface area contributed by atoms with Crippen LogP contribution < -0.4 is 10.1 Å². The van der Waals surface area contributed by atoms with Crippen molar-refractivity contribution >= 4 is 16.8 Å². The van der Waals surface area contributed by atoms with Crippen LogP contribution >= 0.6 is 0 Å². The highest BCUT2D eigenvalue weighted by molar-refractivity contribution is 5.84. The smallest absolute Gasteiger partial charge is 0.253 e. The van der Waals surface area contributed by atoms with Gasteiger partial charge >= 0.3 is 0 Å². The summed E-state index contributed by atoms with van der Waals surface area (Å²) in [5, 5.41) is 4.11. The van der Waals surface area contributed by atoms with Crippen molar-refractivity contribution in [1.29, 1.82) is 0 Å². The Morgan fingerprint density at radius 1 is 1.30 bits per heavy atom. The van der Waals surface area contributed by atoms with Gasteiger partial charge in [-0.2, -0.15) is 4.98 Å². The topological polar surface area (TPSA) is 85.8 Å². The van der Waals surface area contributed by atoms with Crippen LogP contribution in [0, 0.1) is 0 Å². The molecule has 8 nitrogen and oxygen atoms in total. The summed E-state index contributed by atoms with van der Waals surface area (Å²) < 4.78 is 16.8. The van der Waals surface area contributed by atoms with Crippen molar-refractivity contribution in [1.82, 2.24) is 20.2 Å². The van der Waals surface area contributed by atoms with Crippen molar-refractivity contribution < 1.29 is 19.0 Å². The molecule has 1 saturated carbocycles. The number of fused-ring (bicyclic) bond motifs is 1. The van der Waals surface area contributed by atoms with E-state index in [9.17, 15) is 4.79 Å². The van der Waals surface area contributed by atoms with Gasteiger partial charge < -0.3 is 24.4 Å². The molecule has 1 aromatic carbocycles. The molecule has 2 aliphatic rings. The summed E-state index contributed by atoms with van der Waals surface area (Å²) >= 11 is 0. The highest BCUT2D eigenvalue weighted by atomic mass is 16.5. The summed E-state index contributed by atoms with van der Waals surface area (Å²) in [6.45, 7) is 5.00. The number of amides is 1. The standard InChI is InChI=1S/C22H30N4O4/c1-15(26(16-8-9-16)22(27)19-14-23-10-13-29-19)20-24-18-7-4-3-6-17(18)21(25-20)30-12-5-11-28-2/h3-4,6-7,15-16,19,23H,5,8-14H2,1-2H3/t15-,19+/m0/s1. The average molecular weight is 415 g/mol. The molecule has 2 aromatic rings. The van der Waals surface area contributed by atoms with Gasteiger partial charge in [0.05, 0.1) is 30.2 Å². The maximum Gasteiger partial charge on any atom is 0.253 e. The van der Waals surface area contributed by atoms with Gasteiger partial charge in [-0.1, -0.05) is 12.1 Å². The summed E-state index contributed by atoms with van der Waals surface area (Å²) in [5.74, 6) is 1.16. The Morgan fingerprint density at radius 3 is 2.87 bits per heavy atom. The molecular weight excluding hydrogens is 384 g/mol. The van der Waals surface area contributed by atoms with E-state index in [2.05, 4.69) is 5.32 Å². The first-order valence-electron chi connectivity index (χ1n) is 10.7. The SMILES string of the molecule is COCCCOc1nc([C@H](C)N(C(=O)[C@H]2CNCCO2)C2CC2)nc2ccccc12. The number of carbonyl (C=O) groups is 1. The van der Waals surface area contributed by atoms with Gasteiger partial charge in [0.2, 0.25) is 5.88 Å². The number of carbonyl (C=O) groups excluding carboxylic acids is 1. The Bertz CT molecular complexity index is 867. The van der Waals surface area contributed by atoms with Crippen molar-refractivity contribution in [2.45, 2.75) is 44.4 Å². The van der Waals surface area contributed by atoms with Gasteiger partial charge in [0.15, 0.2) is 5.82 Å². The highest BCUT2D eigenvalue weighted by Gasteiger charge is 2.41. The number of hydrogen-bond donors (Lipinski definition) is 1. The zero-order chi connectivity index (χ0) is 20.9. The fourth-order valence-corrected chi connectivity index (χ4v) is 3.79. The van der Waals surface area contributed by atoms with Gasteiger partial charge in [-0.15, -0.1) is 0 Å². The van der Waals surface area contributed by atoms with E-state index in [1.54, 1.807) is 7.11 Å². The third kappa shape index (κ3) is 4.71. The van der Waals surface area contributed by atoms with Crippen LogP contribution in [0.3, 0.4) is 0 Å². The van der Waals surface area contributed by atoms with E-state index in [1.165, 1.54) is 0 Å². The second kappa shape index (κ2) is 9.68. The van der Waals surface area contributed by atoms with Gasteiger partial charge in [-0.25, -0.2) is 4.98 Å². The zero-order valence-electron chi connectivity index (χ0n) is 17.7. The number of nitrogens with zero attached hydrogens (tertiary/aromatic N) is 3. The molecule has 0 bridgehead atoms. The quantitative estimate of drug-likeness (QED) is 0.629.